The van der Waals surface area contributed by atoms with Crippen molar-refractivity contribution in [2.75, 3.05) is 13.7 Å². The van der Waals surface area contributed by atoms with Gasteiger partial charge >= 0.3 is 0 Å². The molecule has 2 nitrogen and oxygen atoms in total. The highest BCUT2D eigenvalue weighted by Crippen LogP contribution is 2.33. The lowest BCUT2D eigenvalue weighted by Gasteiger charge is -2.27. The molecule has 0 N–H and O–H groups in total. The van der Waals surface area contributed by atoms with Crippen molar-refractivity contribution >= 4 is 0 Å². The number of hydrogen-bond acceptors (Lipinski definition) is 2. The molecule has 2 aromatic carbocycles. The first-order valence-electron chi connectivity index (χ1n) is 8.83. The first kappa shape index (κ1) is 18.4. The third-order valence-corrected chi connectivity index (χ3v) is 4.83. The molecule has 0 aliphatic rings. The van der Waals surface area contributed by atoms with Crippen molar-refractivity contribution in [3.05, 3.63) is 59.7 Å². The van der Waals surface area contributed by atoms with Crippen molar-refractivity contribution in [1.29, 1.82) is 0 Å². The maximum atomic E-state index is 5.52. The molecule has 0 saturated heterocycles. The molecule has 0 amide bonds. The Balaban J connectivity index is 1.96. The fourth-order valence-electron chi connectivity index (χ4n) is 2.99. The zero-order chi connectivity index (χ0) is 17.6. The van der Waals surface area contributed by atoms with E-state index in [2.05, 4.69) is 57.2 Å². The lowest BCUT2D eigenvalue weighted by atomic mass is 9.78. The second-order valence-electron chi connectivity index (χ2n) is 7.05. The zero-order valence-corrected chi connectivity index (χ0v) is 15.6. The van der Waals surface area contributed by atoms with E-state index in [1.807, 2.05) is 19.1 Å². The zero-order valence-electron chi connectivity index (χ0n) is 15.6. The first-order chi connectivity index (χ1) is 11.5. The smallest absolute Gasteiger partial charge is 0.119 e. The van der Waals surface area contributed by atoms with Crippen LogP contribution in [0.5, 0.6) is 11.5 Å². The minimum absolute atomic E-state index is 0.159. The Bertz CT molecular complexity index is 611. The summed E-state index contributed by atoms with van der Waals surface area (Å²) in [6, 6.07) is 17.0. The summed E-state index contributed by atoms with van der Waals surface area (Å²) in [7, 11) is 1.71. The van der Waals surface area contributed by atoms with Gasteiger partial charge < -0.3 is 9.47 Å². The molecule has 0 spiro atoms. The van der Waals surface area contributed by atoms with Crippen LogP contribution in [0.25, 0.3) is 0 Å². The van der Waals surface area contributed by atoms with Crippen molar-refractivity contribution in [1.82, 2.24) is 0 Å². The van der Waals surface area contributed by atoms with Crippen molar-refractivity contribution in [2.45, 2.75) is 51.9 Å². The Morgan fingerprint density at radius 3 is 2.04 bits per heavy atom. The van der Waals surface area contributed by atoms with Gasteiger partial charge in [0, 0.05) is 0 Å². The topological polar surface area (TPSA) is 18.5 Å². The molecular weight excluding hydrogens is 296 g/mol. The second-order valence-corrected chi connectivity index (χ2v) is 7.05. The first-order valence-corrected chi connectivity index (χ1v) is 8.83. The van der Waals surface area contributed by atoms with Gasteiger partial charge in [-0.15, -0.1) is 0 Å². The molecule has 2 heteroatoms. The molecule has 0 bridgehead atoms. The number of hydrogen-bond donors (Lipinski definition) is 0. The van der Waals surface area contributed by atoms with Gasteiger partial charge in [-0.05, 0) is 66.5 Å². The van der Waals surface area contributed by atoms with Crippen molar-refractivity contribution in [3.8, 4) is 11.5 Å². The summed E-state index contributed by atoms with van der Waals surface area (Å²) in [6.45, 7) is 9.67. The fourth-order valence-corrected chi connectivity index (χ4v) is 2.99. The molecule has 2 rings (SSSR count). The molecule has 0 aromatic heterocycles. The average molecular weight is 326 g/mol. The normalized spacial score (nSPS) is 12.7. The lowest BCUT2D eigenvalue weighted by molar-refractivity contribution is 0.340. The van der Waals surface area contributed by atoms with Gasteiger partial charge in [-0.25, -0.2) is 0 Å². The maximum absolute atomic E-state index is 5.52. The van der Waals surface area contributed by atoms with Gasteiger partial charge in [-0.3, -0.25) is 0 Å². The van der Waals surface area contributed by atoms with Crippen LogP contribution >= 0.6 is 0 Å². The van der Waals surface area contributed by atoms with E-state index in [0.29, 0.717) is 12.5 Å². The van der Waals surface area contributed by atoms with Gasteiger partial charge in [-0.1, -0.05) is 45.0 Å². The van der Waals surface area contributed by atoms with E-state index >= 15 is 0 Å². The number of benzene rings is 2. The molecule has 0 fully saturated rings. The fraction of sp³-hybridized carbons (Fsp3) is 0.455. The van der Waals surface area contributed by atoms with Gasteiger partial charge in [0.05, 0.1) is 13.7 Å². The van der Waals surface area contributed by atoms with Crippen molar-refractivity contribution in [3.63, 3.8) is 0 Å². The number of methoxy groups -OCH3 is 1. The Labute approximate surface area is 146 Å². The van der Waals surface area contributed by atoms with Crippen LogP contribution in [0, 0.1) is 0 Å². The monoisotopic (exact) mass is 326 g/mol. The van der Waals surface area contributed by atoms with Crippen LogP contribution in [0.3, 0.4) is 0 Å². The summed E-state index contributed by atoms with van der Waals surface area (Å²) >= 11 is 0. The molecule has 0 aliphatic heterocycles. The largest absolute Gasteiger partial charge is 0.497 e. The van der Waals surface area contributed by atoms with Crippen LogP contribution in [0.15, 0.2) is 48.5 Å². The molecule has 130 valence electrons. The predicted octanol–water partition coefficient (Wildman–Crippen LogP) is 5.96. The van der Waals surface area contributed by atoms with E-state index in [-0.39, 0.29) is 5.41 Å². The standard InChI is InChI=1S/C22H30O2/c1-6-24-21-11-7-18(8-12-21)17(2)15-16-22(3,4)19-9-13-20(23-5)14-10-19/h7-14,17H,6,15-16H2,1-5H3. The van der Waals surface area contributed by atoms with Crippen molar-refractivity contribution in [2.24, 2.45) is 0 Å². The van der Waals surface area contributed by atoms with Crippen LogP contribution in [-0.2, 0) is 5.41 Å². The average Bonchev–Trinajstić information content (AvgIpc) is 2.61. The molecular formula is C22H30O2. The van der Waals surface area contributed by atoms with E-state index in [0.717, 1.165) is 24.3 Å². The highest BCUT2D eigenvalue weighted by atomic mass is 16.5. The van der Waals surface area contributed by atoms with Crippen LogP contribution < -0.4 is 9.47 Å². The Morgan fingerprint density at radius 1 is 0.917 bits per heavy atom. The minimum atomic E-state index is 0.159. The molecule has 2 aromatic rings. The number of rotatable bonds is 8. The summed E-state index contributed by atoms with van der Waals surface area (Å²) in [5.74, 6) is 2.41. The SMILES string of the molecule is CCOc1ccc(C(C)CCC(C)(C)c2ccc(OC)cc2)cc1. The predicted molar refractivity (Wildman–Crippen MR) is 101 cm³/mol. The van der Waals surface area contributed by atoms with Gasteiger partial charge in [-0.2, -0.15) is 0 Å². The summed E-state index contributed by atoms with van der Waals surface area (Å²) in [5.41, 5.74) is 2.90. The Kier molecular flexibility index (Phi) is 6.30. The van der Waals surface area contributed by atoms with Gasteiger partial charge in [0.1, 0.15) is 11.5 Å². The van der Waals surface area contributed by atoms with Crippen LogP contribution in [0.1, 0.15) is 57.6 Å². The molecule has 1 unspecified atom stereocenters. The van der Waals surface area contributed by atoms with Gasteiger partial charge in [0.25, 0.3) is 0 Å². The van der Waals surface area contributed by atoms with Gasteiger partial charge in [0.2, 0.25) is 0 Å². The molecule has 0 radical (unpaired) electrons. The van der Waals surface area contributed by atoms with Gasteiger partial charge in [0.15, 0.2) is 0 Å². The summed E-state index contributed by atoms with van der Waals surface area (Å²) in [4.78, 5) is 0. The molecule has 0 heterocycles. The summed E-state index contributed by atoms with van der Waals surface area (Å²) < 4.78 is 10.8. The molecule has 24 heavy (non-hydrogen) atoms. The third-order valence-electron chi connectivity index (χ3n) is 4.83. The summed E-state index contributed by atoms with van der Waals surface area (Å²) in [6.07, 6.45) is 2.31. The summed E-state index contributed by atoms with van der Waals surface area (Å²) in [5, 5.41) is 0. The van der Waals surface area contributed by atoms with E-state index in [4.69, 9.17) is 9.47 Å². The van der Waals surface area contributed by atoms with E-state index in [1.165, 1.54) is 11.1 Å². The minimum Gasteiger partial charge on any atom is -0.497 e. The Morgan fingerprint density at radius 2 is 1.50 bits per heavy atom. The Hall–Kier alpha value is -1.96. The second kappa shape index (κ2) is 8.23. The van der Waals surface area contributed by atoms with E-state index in [1.54, 1.807) is 7.11 Å². The van der Waals surface area contributed by atoms with Crippen LogP contribution in [0.4, 0.5) is 0 Å². The van der Waals surface area contributed by atoms with Crippen LogP contribution in [0.2, 0.25) is 0 Å². The van der Waals surface area contributed by atoms with E-state index < -0.39 is 0 Å². The third kappa shape index (κ3) is 4.77. The lowest BCUT2D eigenvalue weighted by Crippen LogP contribution is -2.18. The van der Waals surface area contributed by atoms with Crippen molar-refractivity contribution < 1.29 is 9.47 Å². The quantitative estimate of drug-likeness (QED) is 0.596. The molecule has 0 saturated carbocycles. The highest BCUT2D eigenvalue weighted by molar-refractivity contribution is 5.32. The molecule has 1 atom stereocenters. The van der Waals surface area contributed by atoms with Crippen LogP contribution in [-0.4, -0.2) is 13.7 Å². The van der Waals surface area contributed by atoms with E-state index in [9.17, 15) is 0 Å². The highest BCUT2D eigenvalue weighted by Gasteiger charge is 2.21. The number of ether oxygens (including phenoxy) is 2. The maximum Gasteiger partial charge on any atom is 0.119 e. The molecule has 0 aliphatic carbocycles.